The molecule has 0 atom stereocenters. The average molecular weight is 277 g/mol. The fourth-order valence-corrected chi connectivity index (χ4v) is 2.59. The lowest BCUT2D eigenvalue weighted by Gasteiger charge is -2.04. The second-order valence-corrected chi connectivity index (χ2v) is 5.48. The quantitative estimate of drug-likeness (QED) is 0.587. The molecule has 2 rings (SSSR count). The van der Waals surface area contributed by atoms with Crippen molar-refractivity contribution in [3.05, 3.63) is 64.7 Å². The monoisotopic (exact) mass is 276 g/mol. The molecule has 2 aromatic carbocycles. The van der Waals surface area contributed by atoms with E-state index in [0.29, 0.717) is 0 Å². The van der Waals surface area contributed by atoms with Gasteiger partial charge in [0.2, 0.25) is 0 Å². The first-order valence-corrected chi connectivity index (χ1v) is 7.00. The number of carbonyl (C=O) groups excluding carboxylic acids is 1. The molecule has 2 aromatic rings. The Labute approximate surface area is 116 Å². The third-order valence-corrected chi connectivity index (χ3v) is 3.88. The van der Waals surface area contributed by atoms with Gasteiger partial charge in [0.1, 0.15) is 0 Å². The molecule has 0 aliphatic rings. The molecule has 0 aliphatic heterocycles. The Balaban J connectivity index is 2.04. The van der Waals surface area contributed by atoms with Gasteiger partial charge in [-0.25, -0.2) is 0 Å². The summed E-state index contributed by atoms with van der Waals surface area (Å²) < 4.78 is 0. The van der Waals surface area contributed by atoms with Crippen molar-refractivity contribution in [1.82, 2.24) is 0 Å². The molecular formula is C15H13ClOS. The zero-order valence-corrected chi connectivity index (χ0v) is 11.6. The van der Waals surface area contributed by atoms with E-state index in [0.717, 1.165) is 21.2 Å². The van der Waals surface area contributed by atoms with Crippen molar-refractivity contribution < 1.29 is 4.79 Å². The van der Waals surface area contributed by atoms with Crippen LogP contribution in [0.25, 0.3) is 0 Å². The van der Waals surface area contributed by atoms with Crippen LogP contribution in [0.4, 0.5) is 0 Å². The highest BCUT2D eigenvalue weighted by Crippen LogP contribution is 2.24. The molecule has 18 heavy (non-hydrogen) atoms. The first kappa shape index (κ1) is 13.2. The molecule has 0 bridgehead atoms. The molecule has 3 heteroatoms. The van der Waals surface area contributed by atoms with Gasteiger partial charge in [-0.1, -0.05) is 35.9 Å². The Morgan fingerprint density at radius 2 is 1.89 bits per heavy atom. The van der Waals surface area contributed by atoms with E-state index in [1.165, 1.54) is 5.56 Å². The fourth-order valence-electron chi connectivity index (χ4n) is 1.55. The second kappa shape index (κ2) is 6.07. The summed E-state index contributed by atoms with van der Waals surface area (Å²) in [7, 11) is 0. The normalized spacial score (nSPS) is 10.3. The zero-order chi connectivity index (χ0) is 13.0. The minimum atomic E-state index is 0.101. The molecule has 0 N–H and O–H groups in total. The Morgan fingerprint density at radius 1 is 1.17 bits per heavy atom. The van der Waals surface area contributed by atoms with Gasteiger partial charge in [0.05, 0.1) is 0 Å². The van der Waals surface area contributed by atoms with E-state index < -0.39 is 0 Å². The van der Waals surface area contributed by atoms with Gasteiger partial charge in [-0.15, -0.1) is 11.8 Å². The van der Waals surface area contributed by atoms with Gasteiger partial charge in [-0.3, -0.25) is 4.79 Å². The largest absolute Gasteiger partial charge is 0.295 e. The number of ketones is 1. The van der Waals surface area contributed by atoms with Gasteiger partial charge in [0, 0.05) is 21.2 Å². The molecule has 0 aromatic heterocycles. The number of Topliss-reactive ketones (excluding diaryl/α,β-unsaturated/α-hetero) is 1. The molecule has 0 spiro atoms. The van der Waals surface area contributed by atoms with Crippen LogP contribution in [-0.4, -0.2) is 5.78 Å². The van der Waals surface area contributed by atoms with Crippen LogP contribution in [0, 0.1) is 0 Å². The standard InChI is InChI=1S/C15H13ClOS/c1-11(17)13-3-2-4-15(9-13)18-10-12-5-7-14(16)8-6-12/h2-9H,10H2,1H3. The number of benzene rings is 2. The van der Waals surface area contributed by atoms with Crippen molar-refractivity contribution in [2.24, 2.45) is 0 Å². The third kappa shape index (κ3) is 3.62. The predicted molar refractivity (Wildman–Crippen MR) is 77.5 cm³/mol. The number of hydrogen-bond donors (Lipinski definition) is 0. The van der Waals surface area contributed by atoms with E-state index in [4.69, 9.17) is 11.6 Å². The zero-order valence-electron chi connectivity index (χ0n) is 10.0. The second-order valence-electron chi connectivity index (χ2n) is 4.00. The molecule has 0 fully saturated rings. The number of halogens is 1. The number of carbonyl (C=O) groups is 1. The minimum absolute atomic E-state index is 0.101. The van der Waals surface area contributed by atoms with Crippen LogP contribution in [0.15, 0.2) is 53.4 Å². The summed E-state index contributed by atoms with van der Waals surface area (Å²) in [5.41, 5.74) is 1.98. The van der Waals surface area contributed by atoms with Crippen molar-refractivity contribution in [3.63, 3.8) is 0 Å². The van der Waals surface area contributed by atoms with E-state index in [2.05, 4.69) is 0 Å². The molecule has 0 radical (unpaired) electrons. The van der Waals surface area contributed by atoms with Gasteiger partial charge in [-0.05, 0) is 36.8 Å². The minimum Gasteiger partial charge on any atom is -0.295 e. The highest BCUT2D eigenvalue weighted by molar-refractivity contribution is 7.98. The molecule has 0 heterocycles. The molecule has 0 saturated carbocycles. The van der Waals surface area contributed by atoms with Crippen molar-refractivity contribution in [3.8, 4) is 0 Å². The highest BCUT2D eigenvalue weighted by atomic mass is 35.5. The summed E-state index contributed by atoms with van der Waals surface area (Å²) in [5.74, 6) is 0.974. The summed E-state index contributed by atoms with van der Waals surface area (Å²) in [6, 6.07) is 15.5. The lowest BCUT2D eigenvalue weighted by molar-refractivity contribution is 0.101. The lowest BCUT2D eigenvalue weighted by Crippen LogP contribution is -1.91. The van der Waals surface area contributed by atoms with E-state index >= 15 is 0 Å². The molecule has 0 amide bonds. The summed E-state index contributed by atoms with van der Waals surface area (Å²) in [6.07, 6.45) is 0. The number of rotatable bonds is 4. The summed E-state index contributed by atoms with van der Waals surface area (Å²) in [4.78, 5) is 12.4. The first-order valence-electron chi connectivity index (χ1n) is 5.63. The SMILES string of the molecule is CC(=O)c1cccc(SCc2ccc(Cl)cc2)c1. The van der Waals surface area contributed by atoms with Crippen LogP contribution >= 0.6 is 23.4 Å². The summed E-state index contributed by atoms with van der Waals surface area (Å²) >= 11 is 7.56. The first-order chi connectivity index (χ1) is 8.65. The molecular weight excluding hydrogens is 264 g/mol. The van der Waals surface area contributed by atoms with Crippen LogP contribution in [0.2, 0.25) is 5.02 Å². The third-order valence-electron chi connectivity index (χ3n) is 2.56. The Hall–Kier alpha value is -1.25. The van der Waals surface area contributed by atoms with Crippen LogP contribution < -0.4 is 0 Å². The fraction of sp³-hybridized carbons (Fsp3) is 0.133. The van der Waals surface area contributed by atoms with Gasteiger partial charge < -0.3 is 0 Å². The van der Waals surface area contributed by atoms with Crippen LogP contribution in [0.5, 0.6) is 0 Å². The molecule has 1 nitrogen and oxygen atoms in total. The summed E-state index contributed by atoms with van der Waals surface area (Å²) in [5, 5.41) is 0.752. The van der Waals surface area contributed by atoms with E-state index in [9.17, 15) is 4.79 Å². The van der Waals surface area contributed by atoms with Crippen LogP contribution in [-0.2, 0) is 5.75 Å². The van der Waals surface area contributed by atoms with Gasteiger partial charge in [0.25, 0.3) is 0 Å². The Bertz CT molecular complexity index is 549. The van der Waals surface area contributed by atoms with Crippen molar-refractivity contribution in [2.75, 3.05) is 0 Å². The Kier molecular flexibility index (Phi) is 4.45. The molecule has 0 aliphatic carbocycles. The molecule has 92 valence electrons. The maximum atomic E-state index is 11.3. The maximum Gasteiger partial charge on any atom is 0.159 e. The molecule has 0 saturated heterocycles. The average Bonchev–Trinajstić information content (AvgIpc) is 2.38. The smallest absolute Gasteiger partial charge is 0.159 e. The van der Waals surface area contributed by atoms with E-state index in [-0.39, 0.29) is 5.78 Å². The van der Waals surface area contributed by atoms with Crippen LogP contribution in [0.3, 0.4) is 0 Å². The van der Waals surface area contributed by atoms with Crippen molar-refractivity contribution in [1.29, 1.82) is 0 Å². The predicted octanol–water partition coefficient (Wildman–Crippen LogP) is 4.83. The number of hydrogen-bond acceptors (Lipinski definition) is 2. The van der Waals surface area contributed by atoms with Crippen molar-refractivity contribution in [2.45, 2.75) is 17.6 Å². The highest BCUT2D eigenvalue weighted by Gasteiger charge is 2.01. The summed E-state index contributed by atoms with van der Waals surface area (Å²) in [6.45, 7) is 1.59. The topological polar surface area (TPSA) is 17.1 Å². The van der Waals surface area contributed by atoms with E-state index in [1.54, 1.807) is 18.7 Å². The van der Waals surface area contributed by atoms with Gasteiger partial charge in [0.15, 0.2) is 5.78 Å². The van der Waals surface area contributed by atoms with Crippen molar-refractivity contribution >= 4 is 29.1 Å². The van der Waals surface area contributed by atoms with Crippen LogP contribution in [0.1, 0.15) is 22.8 Å². The lowest BCUT2D eigenvalue weighted by atomic mass is 10.2. The van der Waals surface area contributed by atoms with Gasteiger partial charge in [-0.2, -0.15) is 0 Å². The Morgan fingerprint density at radius 3 is 2.56 bits per heavy atom. The number of thioether (sulfide) groups is 1. The molecule has 0 unspecified atom stereocenters. The van der Waals surface area contributed by atoms with E-state index in [1.807, 2.05) is 48.5 Å². The van der Waals surface area contributed by atoms with Gasteiger partial charge >= 0.3 is 0 Å². The maximum absolute atomic E-state index is 11.3.